The highest BCUT2D eigenvalue weighted by molar-refractivity contribution is 5.67. The molecular weight excluding hydrogens is 230 g/mol. The van der Waals surface area contributed by atoms with Crippen molar-refractivity contribution in [2.45, 2.75) is 33.2 Å². The molecule has 0 radical (unpaired) electrons. The Balaban J connectivity index is 2.42. The number of hydrogen-bond acceptors (Lipinski definition) is 4. The summed E-state index contributed by atoms with van der Waals surface area (Å²) in [6, 6.07) is 2.15. The predicted octanol–water partition coefficient (Wildman–Crippen LogP) is 1.70. The molecule has 1 rings (SSSR count). The van der Waals surface area contributed by atoms with Gasteiger partial charge in [-0.2, -0.15) is 5.26 Å². The molecule has 0 aromatic carbocycles. The van der Waals surface area contributed by atoms with Crippen LogP contribution < -0.4 is 0 Å². The zero-order chi connectivity index (χ0) is 13.5. The minimum absolute atomic E-state index is 0.0864. The number of rotatable bonds is 3. The summed E-state index contributed by atoms with van der Waals surface area (Å²) in [5.41, 5.74) is 0. The minimum atomic E-state index is -0.227. The van der Waals surface area contributed by atoms with Crippen molar-refractivity contribution < 1.29 is 9.53 Å². The quantitative estimate of drug-likeness (QED) is 0.768. The number of nitrogens with zero attached hydrogens (tertiary/aromatic N) is 3. The number of carbonyl (C=O) groups is 1. The molecule has 0 spiro atoms. The molecule has 1 aliphatic heterocycles. The monoisotopic (exact) mass is 253 g/mol. The molecule has 5 nitrogen and oxygen atoms in total. The van der Waals surface area contributed by atoms with Gasteiger partial charge in [-0.1, -0.05) is 13.8 Å². The number of hydrogen-bond donors (Lipinski definition) is 0. The average molecular weight is 253 g/mol. The van der Waals surface area contributed by atoms with E-state index < -0.39 is 0 Å². The van der Waals surface area contributed by atoms with Crippen molar-refractivity contribution >= 4 is 6.09 Å². The Labute approximate surface area is 109 Å². The number of nitriles is 1. The van der Waals surface area contributed by atoms with Crippen LogP contribution in [0, 0.1) is 17.2 Å². The second-order valence-electron chi connectivity index (χ2n) is 5.15. The summed E-state index contributed by atoms with van der Waals surface area (Å²) in [6.07, 6.45) is 0.665. The summed E-state index contributed by atoms with van der Waals surface area (Å²) in [7, 11) is 0. The van der Waals surface area contributed by atoms with E-state index in [0.29, 0.717) is 25.6 Å². The van der Waals surface area contributed by atoms with Gasteiger partial charge in [0.15, 0.2) is 0 Å². The highest BCUT2D eigenvalue weighted by Crippen LogP contribution is 2.08. The second-order valence-corrected chi connectivity index (χ2v) is 5.15. The highest BCUT2D eigenvalue weighted by Gasteiger charge is 2.22. The van der Waals surface area contributed by atoms with E-state index in [4.69, 9.17) is 10.00 Å². The molecule has 0 bridgehead atoms. The highest BCUT2D eigenvalue weighted by atomic mass is 16.6. The van der Waals surface area contributed by atoms with Gasteiger partial charge in [0.2, 0.25) is 0 Å². The largest absolute Gasteiger partial charge is 0.449 e. The van der Waals surface area contributed by atoms with E-state index in [1.54, 1.807) is 4.90 Å². The lowest BCUT2D eigenvalue weighted by Gasteiger charge is -2.23. The van der Waals surface area contributed by atoms with Crippen molar-refractivity contribution in [1.82, 2.24) is 9.80 Å². The fraction of sp³-hybridized carbons (Fsp3) is 0.846. The van der Waals surface area contributed by atoms with Gasteiger partial charge in [-0.05, 0) is 19.3 Å². The van der Waals surface area contributed by atoms with Gasteiger partial charge in [-0.25, -0.2) is 4.79 Å². The predicted molar refractivity (Wildman–Crippen MR) is 69.0 cm³/mol. The molecule has 1 saturated heterocycles. The molecule has 1 atom stereocenters. The van der Waals surface area contributed by atoms with Gasteiger partial charge in [-0.15, -0.1) is 0 Å². The molecule has 1 amide bonds. The summed E-state index contributed by atoms with van der Waals surface area (Å²) < 4.78 is 5.22. The summed E-state index contributed by atoms with van der Waals surface area (Å²) >= 11 is 0. The van der Waals surface area contributed by atoms with Crippen LogP contribution in [0.25, 0.3) is 0 Å². The number of amides is 1. The minimum Gasteiger partial charge on any atom is -0.449 e. The van der Waals surface area contributed by atoms with Gasteiger partial charge in [-0.3, -0.25) is 4.90 Å². The Hall–Kier alpha value is -1.28. The maximum atomic E-state index is 11.8. The fourth-order valence-electron chi connectivity index (χ4n) is 1.92. The van der Waals surface area contributed by atoms with Crippen LogP contribution in [0.1, 0.15) is 27.2 Å². The lowest BCUT2D eigenvalue weighted by atomic mass is 10.2. The fourth-order valence-corrected chi connectivity index (χ4v) is 1.92. The van der Waals surface area contributed by atoms with Gasteiger partial charge in [0.05, 0.1) is 18.7 Å². The molecule has 0 aliphatic carbocycles. The van der Waals surface area contributed by atoms with Gasteiger partial charge in [0.25, 0.3) is 0 Å². The third kappa shape index (κ3) is 4.53. The van der Waals surface area contributed by atoms with Crippen molar-refractivity contribution in [3.8, 4) is 6.07 Å². The molecule has 102 valence electrons. The molecule has 0 aromatic rings. The first-order chi connectivity index (χ1) is 8.54. The van der Waals surface area contributed by atoms with E-state index in [2.05, 4.69) is 11.0 Å². The topological polar surface area (TPSA) is 56.6 Å². The molecule has 5 heteroatoms. The van der Waals surface area contributed by atoms with Crippen molar-refractivity contribution in [2.24, 2.45) is 5.92 Å². The van der Waals surface area contributed by atoms with E-state index >= 15 is 0 Å². The van der Waals surface area contributed by atoms with E-state index in [1.807, 2.05) is 20.8 Å². The van der Waals surface area contributed by atoms with Crippen LogP contribution in [-0.2, 0) is 4.74 Å². The Morgan fingerprint density at radius 2 is 2.00 bits per heavy atom. The van der Waals surface area contributed by atoms with E-state index in [0.717, 1.165) is 19.5 Å². The van der Waals surface area contributed by atoms with Crippen molar-refractivity contribution in [3.63, 3.8) is 0 Å². The van der Waals surface area contributed by atoms with E-state index in [9.17, 15) is 4.79 Å². The lowest BCUT2D eigenvalue weighted by Crippen LogP contribution is -2.38. The summed E-state index contributed by atoms with van der Waals surface area (Å²) in [5.74, 6) is 0.357. The molecule has 1 fully saturated rings. The van der Waals surface area contributed by atoms with Crippen molar-refractivity contribution in [3.05, 3.63) is 0 Å². The first-order valence-electron chi connectivity index (χ1n) is 6.60. The third-order valence-electron chi connectivity index (χ3n) is 3.06. The smallest absolute Gasteiger partial charge is 0.409 e. The summed E-state index contributed by atoms with van der Waals surface area (Å²) in [6.45, 7) is 9.36. The van der Waals surface area contributed by atoms with E-state index in [-0.39, 0.29) is 12.1 Å². The zero-order valence-electron chi connectivity index (χ0n) is 11.6. The Bertz CT molecular complexity index is 312. The first kappa shape index (κ1) is 14.8. The summed E-state index contributed by atoms with van der Waals surface area (Å²) in [4.78, 5) is 15.7. The molecule has 1 heterocycles. The van der Waals surface area contributed by atoms with Crippen LogP contribution in [0.2, 0.25) is 0 Å². The number of carbonyl (C=O) groups excluding carboxylic acids is 1. The Kier molecular flexibility index (Phi) is 5.93. The van der Waals surface area contributed by atoms with Crippen LogP contribution in [0.15, 0.2) is 0 Å². The van der Waals surface area contributed by atoms with Crippen LogP contribution in [0.4, 0.5) is 4.79 Å². The van der Waals surface area contributed by atoms with E-state index in [1.165, 1.54) is 0 Å². The zero-order valence-corrected chi connectivity index (χ0v) is 11.6. The molecule has 0 aromatic heterocycles. The molecule has 1 aliphatic rings. The van der Waals surface area contributed by atoms with Crippen LogP contribution in [0.5, 0.6) is 0 Å². The Morgan fingerprint density at radius 1 is 1.28 bits per heavy atom. The van der Waals surface area contributed by atoms with Gasteiger partial charge >= 0.3 is 6.09 Å². The maximum Gasteiger partial charge on any atom is 0.409 e. The van der Waals surface area contributed by atoms with Crippen molar-refractivity contribution in [2.75, 3.05) is 32.8 Å². The average Bonchev–Trinajstić information content (AvgIpc) is 2.60. The molecule has 18 heavy (non-hydrogen) atoms. The standard InChI is InChI=1S/C13H23N3O2/c1-11(2)10-18-13(17)16-6-4-5-15(7-8-16)12(3)9-14/h11-12H,4-8,10H2,1-3H3. The molecule has 1 unspecified atom stereocenters. The van der Waals surface area contributed by atoms with Gasteiger partial charge < -0.3 is 9.64 Å². The first-order valence-corrected chi connectivity index (χ1v) is 6.60. The van der Waals surface area contributed by atoms with Gasteiger partial charge in [0.1, 0.15) is 0 Å². The molecule has 0 saturated carbocycles. The van der Waals surface area contributed by atoms with Gasteiger partial charge in [0, 0.05) is 26.2 Å². The Morgan fingerprint density at radius 3 is 2.61 bits per heavy atom. The molecule has 0 N–H and O–H groups in total. The maximum absolute atomic E-state index is 11.8. The van der Waals surface area contributed by atoms with Crippen LogP contribution in [0.3, 0.4) is 0 Å². The lowest BCUT2D eigenvalue weighted by molar-refractivity contribution is 0.0928. The molecular formula is C13H23N3O2. The van der Waals surface area contributed by atoms with Crippen LogP contribution in [-0.4, -0.2) is 54.7 Å². The SMILES string of the molecule is CC(C)COC(=O)N1CCCN(C(C)C#N)CC1. The second kappa shape index (κ2) is 7.22. The van der Waals surface area contributed by atoms with Crippen LogP contribution >= 0.6 is 0 Å². The van der Waals surface area contributed by atoms with Crippen molar-refractivity contribution in [1.29, 1.82) is 5.26 Å². The summed E-state index contributed by atoms with van der Waals surface area (Å²) in [5, 5.41) is 8.90. The normalized spacial score (nSPS) is 19.2. The number of ether oxygens (including phenoxy) is 1. The third-order valence-corrected chi connectivity index (χ3v) is 3.06.